The number of carbonyl (C=O) groups excluding carboxylic acids is 1. The molecule has 4 rings (SSSR count). The number of carbonyl (C=O) groups is 1. The van der Waals surface area contributed by atoms with Gasteiger partial charge < -0.3 is 9.64 Å². The summed E-state index contributed by atoms with van der Waals surface area (Å²) in [5, 5.41) is 4.74. The first-order chi connectivity index (χ1) is 11.2. The van der Waals surface area contributed by atoms with Crippen molar-refractivity contribution in [1.82, 2.24) is 19.6 Å². The van der Waals surface area contributed by atoms with Crippen LogP contribution in [-0.4, -0.2) is 71.4 Å². The van der Waals surface area contributed by atoms with E-state index in [1.807, 2.05) is 0 Å². The second kappa shape index (κ2) is 7.64. The van der Waals surface area contributed by atoms with Gasteiger partial charge in [-0.15, -0.1) is 0 Å². The normalized spacial score (nSPS) is 24.9. The molecule has 0 saturated carbocycles. The Hall–Kier alpha value is -1.11. The van der Waals surface area contributed by atoms with Crippen LogP contribution in [0.15, 0.2) is 12.4 Å². The third-order valence-corrected chi connectivity index (χ3v) is 5.11. The van der Waals surface area contributed by atoms with Crippen LogP contribution < -0.4 is 0 Å². The monoisotopic (exact) mass is 340 g/mol. The molecule has 0 aliphatic carbocycles. The van der Waals surface area contributed by atoms with Crippen LogP contribution in [0, 0.1) is 5.92 Å². The minimum atomic E-state index is 0.224. The molecule has 4 heterocycles. The second-order valence-corrected chi connectivity index (χ2v) is 6.99. The third-order valence-electron chi connectivity index (χ3n) is 4.92. The molecule has 6 nitrogen and oxygen atoms in total. The lowest BCUT2D eigenvalue weighted by Crippen LogP contribution is -2.45. The zero-order valence-electron chi connectivity index (χ0n) is 13.7. The fourth-order valence-electron chi connectivity index (χ4n) is 3.69. The van der Waals surface area contributed by atoms with Gasteiger partial charge in [0, 0.05) is 58.5 Å². The summed E-state index contributed by atoms with van der Waals surface area (Å²) < 4.78 is 6.95. The first kappa shape index (κ1) is 16.7. The molecule has 2 bridgehead atoms. The minimum absolute atomic E-state index is 0.224. The largest absolute Gasteiger partial charge is 0.383 e. The van der Waals surface area contributed by atoms with E-state index in [-0.39, 0.29) is 5.91 Å². The standard InChI is InChI=1S/C16H25ClN4O2/c1-23-7-6-19-9-13-2-3-15(19)12-20(10-13)16(22)4-5-21-11-14(17)8-18-21/h8,11,13,15H,2-7,9-10,12H2,1H3/t13-,15-/m1/s1. The van der Waals surface area contributed by atoms with E-state index in [9.17, 15) is 4.79 Å². The number of ether oxygens (including phenoxy) is 1. The fourth-order valence-corrected chi connectivity index (χ4v) is 3.85. The number of aryl methyl sites for hydroxylation is 1. The summed E-state index contributed by atoms with van der Waals surface area (Å²) in [6.45, 7) is 5.14. The van der Waals surface area contributed by atoms with Gasteiger partial charge in [0.05, 0.1) is 17.8 Å². The molecule has 1 aromatic rings. The fraction of sp³-hybridized carbons (Fsp3) is 0.750. The van der Waals surface area contributed by atoms with E-state index in [0.717, 1.165) is 32.8 Å². The lowest BCUT2D eigenvalue weighted by Gasteiger charge is -2.35. The zero-order valence-corrected chi connectivity index (χ0v) is 14.4. The molecule has 23 heavy (non-hydrogen) atoms. The van der Waals surface area contributed by atoms with Gasteiger partial charge >= 0.3 is 0 Å². The molecule has 1 aromatic heterocycles. The van der Waals surface area contributed by atoms with E-state index >= 15 is 0 Å². The van der Waals surface area contributed by atoms with E-state index in [1.165, 1.54) is 12.8 Å². The topological polar surface area (TPSA) is 50.6 Å². The minimum Gasteiger partial charge on any atom is -0.383 e. The molecule has 3 aliphatic rings. The second-order valence-electron chi connectivity index (χ2n) is 6.56. The van der Waals surface area contributed by atoms with Crippen molar-refractivity contribution < 1.29 is 9.53 Å². The van der Waals surface area contributed by atoms with Gasteiger partial charge in [-0.05, 0) is 18.8 Å². The van der Waals surface area contributed by atoms with Crippen molar-refractivity contribution in [3.05, 3.63) is 17.4 Å². The van der Waals surface area contributed by atoms with E-state index in [1.54, 1.807) is 24.2 Å². The quantitative estimate of drug-likeness (QED) is 0.787. The molecule has 0 spiro atoms. The molecular weight excluding hydrogens is 316 g/mol. The average Bonchev–Trinajstić information content (AvgIpc) is 2.77. The van der Waals surface area contributed by atoms with Crippen molar-refractivity contribution >= 4 is 17.5 Å². The molecule has 1 amide bonds. The summed E-state index contributed by atoms with van der Waals surface area (Å²) in [5.41, 5.74) is 0. The molecule has 2 atom stereocenters. The first-order valence-electron chi connectivity index (χ1n) is 8.34. The number of halogens is 1. The number of piperidine rings is 1. The van der Waals surface area contributed by atoms with E-state index < -0.39 is 0 Å². The van der Waals surface area contributed by atoms with Crippen molar-refractivity contribution in [3.8, 4) is 0 Å². The first-order valence-corrected chi connectivity index (χ1v) is 8.72. The van der Waals surface area contributed by atoms with Crippen molar-refractivity contribution in [2.45, 2.75) is 31.8 Å². The maximum atomic E-state index is 12.6. The number of hydrogen-bond acceptors (Lipinski definition) is 4. The maximum absolute atomic E-state index is 12.6. The number of aromatic nitrogens is 2. The predicted octanol–water partition coefficient (Wildman–Crippen LogP) is 1.50. The Labute approximate surface area is 142 Å². The predicted molar refractivity (Wildman–Crippen MR) is 88.4 cm³/mol. The van der Waals surface area contributed by atoms with Gasteiger partial charge in [0.25, 0.3) is 0 Å². The van der Waals surface area contributed by atoms with E-state index in [0.29, 0.717) is 29.9 Å². The Morgan fingerprint density at radius 3 is 2.96 bits per heavy atom. The lowest BCUT2D eigenvalue weighted by atomic mass is 9.95. The Morgan fingerprint density at radius 1 is 1.35 bits per heavy atom. The Kier molecular flexibility index (Phi) is 5.56. The Balaban J connectivity index is 1.55. The van der Waals surface area contributed by atoms with Crippen molar-refractivity contribution in [3.63, 3.8) is 0 Å². The molecule has 0 radical (unpaired) electrons. The van der Waals surface area contributed by atoms with Gasteiger partial charge in [0.15, 0.2) is 0 Å². The van der Waals surface area contributed by atoms with E-state index in [2.05, 4.69) is 14.9 Å². The molecule has 7 heteroatoms. The SMILES string of the molecule is COCCN1C[C@H]2CC[C@@H]1CN(C(=O)CCn1cc(Cl)cn1)C2. The third kappa shape index (κ3) is 4.25. The highest BCUT2D eigenvalue weighted by Gasteiger charge is 2.35. The van der Waals surface area contributed by atoms with Crippen LogP contribution in [0.1, 0.15) is 19.3 Å². The lowest BCUT2D eigenvalue weighted by molar-refractivity contribution is -0.131. The number of hydrogen-bond donors (Lipinski definition) is 0. The highest BCUT2D eigenvalue weighted by molar-refractivity contribution is 6.30. The van der Waals surface area contributed by atoms with Crippen molar-refractivity contribution in [2.75, 3.05) is 39.9 Å². The molecule has 128 valence electrons. The number of methoxy groups -OCH3 is 1. The summed E-state index contributed by atoms with van der Waals surface area (Å²) in [4.78, 5) is 17.1. The number of fused-ring (bicyclic) bond motifs is 4. The van der Waals surface area contributed by atoms with Gasteiger partial charge in [-0.2, -0.15) is 5.10 Å². The number of amides is 1. The van der Waals surface area contributed by atoms with Crippen molar-refractivity contribution in [1.29, 1.82) is 0 Å². The highest BCUT2D eigenvalue weighted by atomic mass is 35.5. The number of nitrogens with zero attached hydrogens (tertiary/aromatic N) is 4. The Bertz CT molecular complexity index is 536. The number of rotatable bonds is 6. The van der Waals surface area contributed by atoms with Gasteiger partial charge in [-0.25, -0.2) is 0 Å². The van der Waals surface area contributed by atoms with E-state index in [4.69, 9.17) is 16.3 Å². The zero-order chi connectivity index (χ0) is 16.2. The molecule has 3 fully saturated rings. The molecular formula is C16H25ClN4O2. The van der Waals surface area contributed by atoms with Gasteiger partial charge in [-0.3, -0.25) is 14.4 Å². The molecule has 3 aliphatic heterocycles. The molecule has 3 saturated heterocycles. The molecule has 0 aromatic carbocycles. The van der Waals surface area contributed by atoms with Crippen LogP contribution in [0.3, 0.4) is 0 Å². The van der Waals surface area contributed by atoms with Gasteiger partial charge in [-0.1, -0.05) is 11.6 Å². The van der Waals surface area contributed by atoms with Crippen LogP contribution in [0.2, 0.25) is 5.02 Å². The Morgan fingerprint density at radius 2 is 2.22 bits per heavy atom. The van der Waals surface area contributed by atoms with Crippen LogP contribution in [0.25, 0.3) is 0 Å². The van der Waals surface area contributed by atoms with Crippen LogP contribution >= 0.6 is 11.6 Å². The molecule has 0 N–H and O–H groups in total. The van der Waals surface area contributed by atoms with Gasteiger partial charge in [0.2, 0.25) is 5.91 Å². The summed E-state index contributed by atoms with van der Waals surface area (Å²) in [6, 6.07) is 0.479. The van der Waals surface area contributed by atoms with Crippen LogP contribution in [0.4, 0.5) is 0 Å². The summed E-state index contributed by atoms with van der Waals surface area (Å²) >= 11 is 5.86. The summed E-state index contributed by atoms with van der Waals surface area (Å²) in [7, 11) is 1.74. The van der Waals surface area contributed by atoms with Crippen LogP contribution in [-0.2, 0) is 16.1 Å². The molecule has 0 unspecified atom stereocenters. The average molecular weight is 341 g/mol. The van der Waals surface area contributed by atoms with Gasteiger partial charge in [0.1, 0.15) is 0 Å². The maximum Gasteiger partial charge on any atom is 0.224 e. The highest BCUT2D eigenvalue weighted by Crippen LogP contribution is 2.28. The van der Waals surface area contributed by atoms with Crippen LogP contribution in [0.5, 0.6) is 0 Å². The summed E-state index contributed by atoms with van der Waals surface area (Å²) in [6.07, 6.45) is 6.26. The van der Waals surface area contributed by atoms with Crippen molar-refractivity contribution in [2.24, 2.45) is 5.92 Å². The smallest absolute Gasteiger partial charge is 0.224 e. The summed E-state index contributed by atoms with van der Waals surface area (Å²) in [5.74, 6) is 0.816.